The predicted molar refractivity (Wildman–Crippen MR) is 105 cm³/mol. The van der Waals surface area contributed by atoms with Crippen LogP contribution in [0.4, 0.5) is 0 Å². The first-order valence-electron chi connectivity index (χ1n) is 9.77. The van der Waals surface area contributed by atoms with Crippen LogP contribution in [0.15, 0.2) is 24.3 Å². The molecule has 1 aliphatic carbocycles. The van der Waals surface area contributed by atoms with Crippen LogP contribution in [0.25, 0.3) is 10.1 Å². The first kappa shape index (κ1) is 16.6. The maximum atomic E-state index is 13.0. The van der Waals surface area contributed by atoms with Crippen LogP contribution < -0.4 is 10.1 Å². The molecule has 1 saturated carbocycles. The van der Waals surface area contributed by atoms with E-state index in [1.807, 2.05) is 12.1 Å². The van der Waals surface area contributed by atoms with E-state index in [-0.39, 0.29) is 17.5 Å². The van der Waals surface area contributed by atoms with E-state index in [1.54, 1.807) is 11.3 Å². The molecule has 5 heteroatoms. The summed E-state index contributed by atoms with van der Waals surface area (Å²) in [6, 6.07) is 8.42. The fourth-order valence-electron chi connectivity index (χ4n) is 4.66. The summed E-state index contributed by atoms with van der Waals surface area (Å²) in [6.45, 7) is 6.87. The summed E-state index contributed by atoms with van der Waals surface area (Å²) in [7, 11) is 0. The lowest BCUT2D eigenvalue weighted by atomic mass is 9.72. The van der Waals surface area contributed by atoms with Gasteiger partial charge in [-0.15, -0.1) is 11.3 Å². The quantitative estimate of drug-likeness (QED) is 0.883. The lowest BCUT2D eigenvalue weighted by Crippen LogP contribution is -2.69. The van der Waals surface area contributed by atoms with Crippen molar-refractivity contribution in [2.24, 2.45) is 5.92 Å². The molecule has 26 heavy (non-hydrogen) atoms. The largest absolute Gasteiger partial charge is 0.490 e. The zero-order valence-electron chi connectivity index (χ0n) is 15.5. The monoisotopic (exact) mass is 370 g/mol. The van der Waals surface area contributed by atoms with Crippen LogP contribution in [0.5, 0.6) is 5.75 Å². The second-order valence-electron chi connectivity index (χ2n) is 8.56. The van der Waals surface area contributed by atoms with Gasteiger partial charge in [-0.2, -0.15) is 0 Å². The third-order valence-electron chi connectivity index (χ3n) is 6.42. The van der Waals surface area contributed by atoms with Crippen LogP contribution in [0.3, 0.4) is 0 Å². The molecule has 4 fully saturated rings. The molecule has 1 aromatic heterocycles. The summed E-state index contributed by atoms with van der Waals surface area (Å²) < 4.78 is 7.01. The molecule has 4 nitrogen and oxygen atoms in total. The number of benzene rings is 1. The van der Waals surface area contributed by atoms with E-state index in [9.17, 15) is 4.79 Å². The molecule has 138 valence electrons. The van der Waals surface area contributed by atoms with Crippen molar-refractivity contribution in [3.63, 3.8) is 0 Å². The Morgan fingerprint density at radius 3 is 2.65 bits per heavy atom. The molecule has 1 unspecified atom stereocenters. The van der Waals surface area contributed by atoms with Crippen LogP contribution in [-0.4, -0.2) is 41.6 Å². The van der Waals surface area contributed by atoms with Crippen molar-refractivity contribution in [1.82, 2.24) is 10.2 Å². The molecule has 1 N–H and O–H groups in total. The predicted octanol–water partition coefficient (Wildman–Crippen LogP) is 4.05. The first-order chi connectivity index (χ1) is 12.5. The molecular weight excluding hydrogens is 344 g/mol. The highest BCUT2D eigenvalue weighted by molar-refractivity contribution is 7.20. The average Bonchev–Trinajstić information content (AvgIpc) is 3.33. The molecule has 1 atom stereocenters. The van der Waals surface area contributed by atoms with Crippen LogP contribution in [0.1, 0.15) is 49.2 Å². The van der Waals surface area contributed by atoms with Gasteiger partial charge in [-0.3, -0.25) is 9.69 Å². The second kappa shape index (κ2) is 5.96. The van der Waals surface area contributed by atoms with Gasteiger partial charge >= 0.3 is 0 Å². The Hall–Kier alpha value is -1.59. The van der Waals surface area contributed by atoms with E-state index >= 15 is 0 Å². The Bertz CT molecular complexity index is 847. The molecule has 4 heterocycles. The number of nitrogens with one attached hydrogen (secondary N) is 1. The van der Waals surface area contributed by atoms with Crippen molar-refractivity contribution in [1.29, 1.82) is 0 Å². The van der Waals surface area contributed by atoms with Crippen molar-refractivity contribution in [2.45, 2.75) is 57.2 Å². The second-order valence-corrected chi connectivity index (χ2v) is 9.64. The molecular formula is C21H26N2O2S. The Labute approximate surface area is 158 Å². The smallest absolute Gasteiger partial charge is 0.261 e. The number of hydrogen-bond donors (Lipinski definition) is 1. The van der Waals surface area contributed by atoms with Crippen LogP contribution in [-0.2, 0) is 0 Å². The molecule has 0 spiro atoms. The number of ether oxygens (including phenoxy) is 1. The summed E-state index contributed by atoms with van der Waals surface area (Å²) in [5.41, 5.74) is 0.0405. The maximum absolute atomic E-state index is 13.0. The molecule has 3 saturated heterocycles. The average molecular weight is 371 g/mol. The highest BCUT2D eigenvalue weighted by Crippen LogP contribution is 2.39. The summed E-state index contributed by atoms with van der Waals surface area (Å²) >= 11 is 1.57. The van der Waals surface area contributed by atoms with E-state index in [0.717, 1.165) is 46.6 Å². The minimum atomic E-state index is 0.0405. The van der Waals surface area contributed by atoms with E-state index in [2.05, 4.69) is 36.2 Å². The number of carbonyl (C=O) groups is 1. The number of amides is 1. The molecule has 3 aliphatic heterocycles. The summed E-state index contributed by atoms with van der Waals surface area (Å²) in [4.78, 5) is 16.3. The molecule has 1 amide bonds. The van der Waals surface area contributed by atoms with Gasteiger partial charge < -0.3 is 10.1 Å². The van der Waals surface area contributed by atoms with Crippen molar-refractivity contribution in [2.75, 3.05) is 13.1 Å². The third-order valence-corrected chi connectivity index (χ3v) is 7.51. The lowest BCUT2D eigenvalue weighted by Gasteiger charge is -2.56. The third kappa shape index (κ3) is 2.81. The summed E-state index contributed by atoms with van der Waals surface area (Å²) in [6.07, 6.45) is 5.11. The van der Waals surface area contributed by atoms with Crippen molar-refractivity contribution in [3.8, 4) is 5.75 Å². The van der Waals surface area contributed by atoms with Crippen LogP contribution in [0.2, 0.25) is 0 Å². The minimum Gasteiger partial charge on any atom is -0.490 e. The molecule has 0 radical (unpaired) electrons. The Morgan fingerprint density at radius 1 is 1.19 bits per heavy atom. The number of thiophene rings is 1. The SMILES string of the molecule is CC1(C)C(NC(=O)c2cc3ccc(OC4CC4)cc3s2)C2CCN1CC2. The van der Waals surface area contributed by atoms with Gasteiger partial charge in [0.2, 0.25) is 0 Å². The Balaban J connectivity index is 1.36. The molecule has 2 aromatic rings. The zero-order chi connectivity index (χ0) is 17.9. The van der Waals surface area contributed by atoms with Crippen molar-refractivity contribution >= 4 is 27.3 Å². The van der Waals surface area contributed by atoms with Gasteiger partial charge in [-0.25, -0.2) is 0 Å². The minimum absolute atomic E-state index is 0.0405. The number of carbonyl (C=O) groups excluding carboxylic acids is 1. The summed E-state index contributed by atoms with van der Waals surface area (Å²) in [5, 5.41) is 4.49. The lowest BCUT2D eigenvalue weighted by molar-refractivity contribution is -0.0377. The number of piperidine rings is 3. The highest BCUT2D eigenvalue weighted by Gasteiger charge is 2.48. The number of fused-ring (bicyclic) bond motifs is 4. The van der Waals surface area contributed by atoms with Gasteiger partial charge in [0, 0.05) is 16.3 Å². The normalized spacial score (nSPS) is 29.7. The number of rotatable bonds is 4. The maximum Gasteiger partial charge on any atom is 0.261 e. The van der Waals surface area contributed by atoms with Gasteiger partial charge in [0.25, 0.3) is 5.91 Å². The molecule has 4 aliphatic rings. The molecule has 1 aromatic carbocycles. The standard InChI is InChI=1S/C21H26N2O2S/c1-21(2)19(13-7-9-23(21)10-8-13)22-20(24)18-11-14-3-4-16(12-17(14)26-18)25-15-5-6-15/h3-4,11-13,15,19H,5-10H2,1-2H3,(H,22,24). The van der Waals surface area contributed by atoms with E-state index in [1.165, 1.54) is 12.8 Å². The number of hydrogen-bond acceptors (Lipinski definition) is 4. The Morgan fingerprint density at radius 2 is 1.96 bits per heavy atom. The molecule has 6 rings (SSSR count). The van der Waals surface area contributed by atoms with Crippen LogP contribution >= 0.6 is 11.3 Å². The van der Waals surface area contributed by atoms with Gasteiger partial charge in [0.1, 0.15) is 5.75 Å². The van der Waals surface area contributed by atoms with Gasteiger partial charge in [0.15, 0.2) is 0 Å². The topological polar surface area (TPSA) is 41.6 Å². The summed E-state index contributed by atoms with van der Waals surface area (Å²) in [5.74, 6) is 1.60. The first-order valence-corrected chi connectivity index (χ1v) is 10.6. The number of nitrogens with zero attached hydrogens (tertiary/aromatic N) is 1. The van der Waals surface area contributed by atoms with E-state index in [0.29, 0.717) is 12.0 Å². The van der Waals surface area contributed by atoms with E-state index in [4.69, 9.17) is 4.74 Å². The Kier molecular flexibility index (Phi) is 3.80. The van der Waals surface area contributed by atoms with Gasteiger partial charge in [0.05, 0.1) is 11.0 Å². The zero-order valence-corrected chi connectivity index (χ0v) is 16.3. The van der Waals surface area contributed by atoms with E-state index < -0.39 is 0 Å². The fraction of sp³-hybridized carbons (Fsp3) is 0.571. The van der Waals surface area contributed by atoms with Gasteiger partial charge in [-0.1, -0.05) is 0 Å². The van der Waals surface area contributed by atoms with Gasteiger partial charge in [-0.05, 0) is 88.2 Å². The molecule has 2 bridgehead atoms. The van der Waals surface area contributed by atoms with Crippen molar-refractivity contribution < 1.29 is 9.53 Å². The highest BCUT2D eigenvalue weighted by atomic mass is 32.1. The van der Waals surface area contributed by atoms with Crippen molar-refractivity contribution in [3.05, 3.63) is 29.1 Å². The van der Waals surface area contributed by atoms with Crippen LogP contribution in [0, 0.1) is 5.92 Å². The fourth-order valence-corrected chi connectivity index (χ4v) is 5.66.